The molecule has 12 heteroatoms. The van der Waals surface area contributed by atoms with E-state index in [1.54, 1.807) is 103 Å². The minimum absolute atomic E-state index is 0.130. The molecule has 8 nitrogen and oxygen atoms in total. The zero-order valence-electron chi connectivity index (χ0n) is 31.1. The molecule has 0 aromatic heterocycles. The summed E-state index contributed by atoms with van der Waals surface area (Å²) in [6.07, 6.45) is 0.168. The van der Waals surface area contributed by atoms with Gasteiger partial charge >= 0.3 is 0 Å². The van der Waals surface area contributed by atoms with Gasteiger partial charge in [0.2, 0.25) is 0 Å². The molecule has 6 aromatic carbocycles. The second-order valence-corrected chi connectivity index (χ2v) is 17.8. The Morgan fingerprint density at radius 2 is 1.21 bits per heavy atom. The maximum atomic E-state index is 12.9. The molecule has 0 atom stereocenters. The van der Waals surface area contributed by atoms with Gasteiger partial charge in [0.15, 0.2) is 15.6 Å². The van der Waals surface area contributed by atoms with E-state index in [0.717, 1.165) is 27.8 Å². The van der Waals surface area contributed by atoms with Crippen LogP contribution in [0.15, 0.2) is 143 Å². The molecule has 0 unspecified atom stereocenters. The number of carbonyl (C=O) groups is 2. The molecular formula is C44H40Cl2N2O6S2. The lowest BCUT2D eigenvalue weighted by molar-refractivity contribution is 0.0990. The summed E-state index contributed by atoms with van der Waals surface area (Å²) in [6.45, 7) is 7.39. The quantitative estimate of drug-likeness (QED) is 0.125. The lowest BCUT2D eigenvalue weighted by Crippen LogP contribution is -2.19. The van der Waals surface area contributed by atoms with E-state index in [2.05, 4.69) is 10.0 Å². The molecule has 0 aliphatic carbocycles. The Balaban J connectivity index is 0.000000214. The van der Waals surface area contributed by atoms with Crippen LogP contribution >= 0.6 is 23.2 Å². The maximum Gasteiger partial charge on any atom is 0.261 e. The van der Waals surface area contributed by atoms with Gasteiger partial charge in [-0.2, -0.15) is 0 Å². The molecule has 288 valence electrons. The van der Waals surface area contributed by atoms with Crippen molar-refractivity contribution in [3.63, 3.8) is 0 Å². The summed E-state index contributed by atoms with van der Waals surface area (Å²) in [6, 6.07) is 37.3. The predicted molar refractivity (Wildman–Crippen MR) is 225 cm³/mol. The van der Waals surface area contributed by atoms with Gasteiger partial charge < -0.3 is 5.32 Å². The number of amides is 1. The van der Waals surface area contributed by atoms with Crippen molar-refractivity contribution in [2.75, 3.05) is 10.0 Å². The number of carbonyl (C=O) groups excluding carboxylic acids is 2. The van der Waals surface area contributed by atoms with E-state index in [1.807, 2.05) is 52.0 Å². The highest BCUT2D eigenvalue weighted by Gasteiger charge is 2.21. The van der Waals surface area contributed by atoms with Gasteiger partial charge in [0.05, 0.1) is 26.8 Å². The number of anilines is 2. The number of para-hydroxylation sites is 1. The van der Waals surface area contributed by atoms with Crippen LogP contribution in [0.3, 0.4) is 0 Å². The molecule has 0 bridgehead atoms. The third-order valence-electron chi connectivity index (χ3n) is 8.77. The van der Waals surface area contributed by atoms with Gasteiger partial charge in [0.25, 0.3) is 15.9 Å². The zero-order chi connectivity index (χ0) is 40.6. The van der Waals surface area contributed by atoms with Crippen LogP contribution in [0.25, 0.3) is 0 Å². The third kappa shape index (κ3) is 10.9. The van der Waals surface area contributed by atoms with Crippen LogP contribution < -0.4 is 10.0 Å². The van der Waals surface area contributed by atoms with Crippen molar-refractivity contribution >= 4 is 66.1 Å². The first kappa shape index (κ1) is 41.9. The number of benzene rings is 6. The Hall–Kier alpha value is -5.26. The number of aryl methyl sites for hydroxylation is 4. The van der Waals surface area contributed by atoms with E-state index in [9.17, 15) is 26.4 Å². The van der Waals surface area contributed by atoms with Crippen molar-refractivity contribution in [1.29, 1.82) is 0 Å². The highest BCUT2D eigenvalue weighted by Crippen LogP contribution is 2.26. The highest BCUT2D eigenvalue weighted by molar-refractivity contribution is 7.92. The first-order valence-corrected chi connectivity index (χ1v) is 21.3. The average molecular weight is 828 g/mol. The maximum absolute atomic E-state index is 12.9. The fourth-order valence-corrected chi connectivity index (χ4v) is 8.85. The molecule has 56 heavy (non-hydrogen) atoms. The van der Waals surface area contributed by atoms with Gasteiger partial charge in [-0.05, 0) is 122 Å². The van der Waals surface area contributed by atoms with E-state index in [4.69, 9.17) is 23.2 Å². The second kappa shape index (κ2) is 18.1. The van der Waals surface area contributed by atoms with Crippen LogP contribution in [-0.2, 0) is 32.0 Å². The van der Waals surface area contributed by atoms with E-state index in [-0.39, 0.29) is 39.0 Å². The minimum atomic E-state index is -3.83. The molecule has 0 aliphatic rings. The van der Waals surface area contributed by atoms with Crippen molar-refractivity contribution in [2.24, 2.45) is 0 Å². The smallest absolute Gasteiger partial charge is 0.261 e. The third-order valence-corrected chi connectivity index (χ3v) is 12.4. The normalized spacial score (nSPS) is 11.2. The number of sulfonamides is 1. The molecular weight excluding hydrogens is 788 g/mol. The van der Waals surface area contributed by atoms with Crippen LogP contribution in [-0.4, -0.2) is 28.5 Å². The van der Waals surface area contributed by atoms with Crippen LogP contribution in [0, 0.1) is 27.7 Å². The number of sulfone groups is 1. The molecule has 0 radical (unpaired) electrons. The molecule has 2 N–H and O–H groups in total. The van der Waals surface area contributed by atoms with Gasteiger partial charge in [-0.1, -0.05) is 96.0 Å². The average Bonchev–Trinajstić information content (AvgIpc) is 3.14. The SMILES string of the molecule is Cc1cccc(S(=O)(=O)Cc2ccccc2C(=O)Cc2ccc(C)c(Cl)c2)c1.Cc1cccc(S(=O)(=O)Nc2ccccc2C(=O)Nc2ccc(Cl)cc2C)c1. The summed E-state index contributed by atoms with van der Waals surface area (Å²) in [5.41, 5.74) is 6.21. The Morgan fingerprint density at radius 1 is 0.589 bits per heavy atom. The Kier molecular flexibility index (Phi) is 13.6. The van der Waals surface area contributed by atoms with Gasteiger partial charge in [-0.15, -0.1) is 0 Å². The zero-order valence-corrected chi connectivity index (χ0v) is 34.3. The highest BCUT2D eigenvalue weighted by atomic mass is 35.5. The van der Waals surface area contributed by atoms with Crippen molar-refractivity contribution in [3.8, 4) is 0 Å². The molecule has 1 amide bonds. The molecule has 0 saturated carbocycles. The summed E-state index contributed by atoms with van der Waals surface area (Å²) in [4.78, 5) is 26.0. The fraction of sp³-hybridized carbons (Fsp3) is 0.136. The summed E-state index contributed by atoms with van der Waals surface area (Å²) in [5, 5.41) is 3.98. The van der Waals surface area contributed by atoms with Crippen LogP contribution in [0.2, 0.25) is 10.0 Å². The standard InChI is InChI=1S/C23H21ClO3S.C21H19ClN2O3S/c1-16-6-5-8-20(12-16)28(26,27)15-19-7-3-4-9-21(19)23(25)14-18-11-10-17(2)22(24)13-18;1-14-6-5-7-17(12-14)28(26,27)24-20-9-4-3-8-18(20)21(25)23-19-11-10-16(22)13-15(19)2/h3-13H,14-15H2,1-2H3;3-13,24H,1-2H3,(H,23,25). The number of ketones is 1. The van der Waals surface area contributed by atoms with Crippen molar-refractivity contribution in [2.45, 2.75) is 49.7 Å². The van der Waals surface area contributed by atoms with Crippen molar-refractivity contribution < 1.29 is 26.4 Å². The molecule has 6 rings (SSSR count). The number of hydrogen-bond donors (Lipinski definition) is 2. The van der Waals surface area contributed by atoms with E-state index < -0.39 is 25.8 Å². The lowest BCUT2D eigenvalue weighted by Gasteiger charge is -2.14. The predicted octanol–water partition coefficient (Wildman–Crippen LogP) is 10.4. The molecule has 0 heterocycles. The topological polar surface area (TPSA) is 126 Å². The van der Waals surface area contributed by atoms with E-state index in [0.29, 0.717) is 26.9 Å². The molecule has 6 aromatic rings. The minimum Gasteiger partial charge on any atom is -0.322 e. The molecule has 0 saturated heterocycles. The number of hydrogen-bond acceptors (Lipinski definition) is 6. The summed E-state index contributed by atoms with van der Waals surface area (Å²) in [7, 11) is -7.38. The Bertz CT molecular complexity index is 2650. The first-order valence-electron chi connectivity index (χ1n) is 17.4. The van der Waals surface area contributed by atoms with Crippen LogP contribution in [0.4, 0.5) is 11.4 Å². The summed E-state index contributed by atoms with van der Waals surface area (Å²) >= 11 is 12.1. The van der Waals surface area contributed by atoms with Crippen LogP contribution in [0.1, 0.15) is 54.1 Å². The largest absolute Gasteiger partial charge is 0.322 e. The van der Waals surface area contributed by atoms with E-state index >= 15 is 0 Å². The Labute approximate surface area is 338 Å². The number of Topliss-reactive ketones (excluding diaryl/α,β-unsaturated/α-hetero) is 1. The number of halogens is 2. The van der Waals surface area contributed by atoms with Gasteiger partial charge in [-0.3, -0.25) is 14.3 Å². The van der Waals surface area contributed by atoms with Gasteiger partial charge in [0.1, 0.15) is 0 Å². The molecule has 0 spiro atoms. The first-order chi connectivity index (χ1) is 26.5. The second-order valence-electron chi connectivity index (χ2n) is 13.3. The molecule has 0 aliphatic heterocycles. The monoisotopic (exact) mass is 826 g/mol. The summed E-state index contributed by atoms with van der Waals surface area (Å²) in [5.74, 6) is -0.768. The van der Waals surface area contributed by atoms with E-state index in [1.165, 1.54) is 6.07 Å². The fourth-order valence-electron chi connectivity index (χ4n) is 5.76. The van der Waals surface area contributed by atoms with Crippen LogP contribution in [0.5, 0.6) is 0 Å². The lowest BCUT2D eigenvalue weighted by atomic mass is 9.99. The number of rotatable bonds is 11. The van der Waals surface area contributed by atoms with Crippen molar-refractivity contribution in [1.82, 2.24) is 0 Å². The summed E-state index contributed by atoms with van der Waals surface area (Å²) < 4.78 is 53.6. The molecule has 0 fully saturated rings. The van der Waals surface area contributed by atoms with Crippen molar-refractivity contribution in [3.05, 3.63) is 188 Å². The Morgan fingerprint density at radius 3 is 1.88 bits per heavy atom. The number of nitrogens with one attached hydrogen (secondary N) is 2. The van der Waals surface area contributed by atoms with Gasteiger partial charge in [0, 0.05) is 27.7 Å². The van der Waals surface area contributed by atoms with Gasteiger partial charge in [-0.25, -0.2) is 16.8 Å².